The Labute approximate surface area is 126 Å². The maximum atomic E-state index is 12.3. The van der Waals surface area contributed by atoms with Crippen LogP contribution < -0.4 is 0 Å². The van der Waals surface area contributed by atoms with Gasteiger partial charge in [-0.1, -0.05) is 44.2 Å². The van der Waals surface area contributed by atoms with E-state index in [1.54, 1.807) is 4.90 Å². The van der Waals surface area contributed by atoms with E-state index < -0.39 is 0 Å². The summed E-state index contributed by atoms with van der Waals surface area (Å²) in [5, 5.41) is 0. The Bertz CT molecular complexity index is 514. The summed E-state index contributed by atoms with van der Waals surface area (Å²) in [7, 11) is 0. The molecule has 0 N–H and O–H groups in total. The van der Waals surface area contributed by atoms with Gasteiger partial charge >= 0.3 is 6.09 Å². The number of hydrogen-bond donors (Lipinski definition) is 0. The van der Waals surface area contributed by atoms with Crippen LogP contribution in [0.3, 0.4) is 0 Å². The predicted molar refractivity (Wildman–Crippen MR) is 79.5 cm³/mol. The SMILES string of the molecule is CCO[C@@H]1[C@@H]2[C@H](CN1C(=O)OCc1ccccc1)C2(C)C. The molecule has 0 aromatic heterocycles. The van der Waals surface area contributed by atoms with Gasteiger partial charge in [0.25, 0.3) is 0 Å². The third kappa shape index (κ3) is 2.53. The van der Waals surface area contributed by atoms with Crippen LogP contribution in [-0.4, -0.2) is 30.4 Å². The first kappa shape index (κ1) is 14.4. The van der Waals surface area contributed by atoms with Gasteiger partial charge in [0.15, 0.2) is 0 Å². The highest BCUT2D eigenvalue weighted by Crippen LogP contribution is 2.65. The van der Waals surface area contributed by atoms with E-state index in [9.17, 15) is 4.79 Å². The molecule has 0 unspecified atom stereocenters. The van der Waals surface area contributed by atoms with Crippen LogP contribution in [0, 0.1) is 17.3 Å². The molecule has 3 rings (SSSR count). The second-order valence-corrected chi connectivity index (χ2v) is 6.49. The van der Waals surface area contributed by atoms with Crippen molar-refractivity contribution in [1.82, 2.24) is 4.90 Å². The van der Waals surface area contributed by atoms with Gasteiger partial charge in [-0.3, -0.25) is 4.90 Å². The van der Waals surface area contributed by atoms with E-state index in [2.05, 4.69) is 13.8 Å². The molecule has 1 saturated carbocycles. The molecule has 21 heavy (non-hydrogen) atoms. The standard InChI is InChI=1S/C17H23NO3/c1-4-20-15-14-13(17(14,2)3)10-18(15)16(19)21-11-12-8-6-5-7-9-12/h5-9,13-15H,4,10-11H2,1-3H3/t13-,14-,15+/m0/s1. The largest absolute Gasteiger partial charge is 0.444 e. The van der Waals surface area contributed by atoms with E-state index in [-0.39, 0.29) is 17.7 Å². The summed E-state index contributed by atoms with van der Waals surface area (Å²) < 4.78 is 11.2. The van der Waals surface area contributed by atoms with Gasteiger partial charge in [0.05, 0.1) is 0 Å². The molecule has 1 aromatic carbocycles. The molecule has 1 amide bonds. The van der Waals surface area contributed by atoms with Gasteiger partial charge < -0.3 is 9.47 Å². The van der Waals surface area contributed by atoms with Crippen LogP contribution in [0.5, 0.6) is 0 Å². The number of benzene rings is 1. The molecule has 1 aromatic rings. The van der Waals surface area contributed by atoms with Gasteiger partial charge in [0.1, 0.15) is 12.8 Å². The summed E-state index contributed by atoms with van der Waals surface area (Å²) in [6.07, 6.45) is -0.390. The third-order valence-electron chi connectivity index (χ3n) is 4.92. The maximum absolute atomic E-state index is 12.3. The zero-order chi connectivity index (χ0) is 15.0. The first-order chi connectivity index (χ1) is 10.1. The van der Waals surface area contributed by atoms with E-state index in [4.69, 9.17) is 9.47 Å². The second-order valence-electron chi connectivity index (χ2n) is 6.49. The zero-order valence-corrected chi connectivity index (χ0v) is 12.9. The molecule has 4 heteroatoms. The van der Waals surface area contributed by atoms with Crippen LogP contribution in [0.25, 0.3) is 0 Å². The van der Waals surface area contributed by atoms with Crippen molar-refractivity contribution in [2.24, 2.45) is 17.3 Å². The second kappa shape index (κ2) is 5.34. The fourth-order valence-corrected chi connectivity index (χ4v) is 3.56. The minimum atomic E-state index is -0.264. The van der Waals surface area contributed by atoms with Gasteiger partial charge in [-0.25, -0.2) is 4.79 Å². The van der Waals surface area contributed by atoms with Gasteiger partial charge in [-0.05, 0) is 23.8 Å². The lowest BCUT2D eigenvalue weighted by molar-refractivity contribution is -0.0543. The Balaban J connectivity index is 1.60. The first-order valence-electron chi connectivity index (χ1n) is 7.64. The van der Waals surface area contributed by atoms with E-state index in [1.807, 2.05) is 37.3 Å². The number of amides is 1. The topological polar surface area (TPSA) is 38.8 Å². The molecule has 4 nitrogen and oxygen atoms in total. The molecule has 114 valence electrons. The summed E-state index contributed by atoms with van der Waals surface area (Å²) in [6.45, 7) is 8.15. The highest BCUT2D eigenvalue weighted by molar-refractivity contribution is 5.69. The summed E-state index contributed by atoms with van der Waals surface area (Å²) in [5.41, 5.74) is 1.29. The van der Waals surface area contributed by atoms with Crippen molar-refractivity contribution in [2.45, 2.75) is 33.6 Å². The van der Waals surface area contributed by atoms with Crippen molar-refractivity contribution < 1.29 is 14.3 Å². The molecule has 2 aliphatic rings. The van der Waals surface area contributed by atoms with Crippen LogP contribution in [0.1, 0.15) is 26.3 Å². The lowest BCUT2D eigenvalue weighted by Gasteiger charge is -2.29. The predicted octanol–water partition coefficient (Wildman–Crippen LogP) is 3.27. The molecule has 0 bridgehead atoms. The van der Waals surface area contributed by atoms with Crippen LogP contribution in [0.15, 0.2) is 30.3 Å². The molecule has 1 aliphatic carbocycles. The Morgan fingerprint density at radius 2 is 2.05 bits per heavy atom. The smallest absolute Gasteiger partial charge is 0.412 e. The molecule has 1 heterocycles. The van der Waals surface area contributed by atoms with Crippen LogP contribution in [-0.2, 0) is 16.1 Å². The minimum absolute atomic E-state index is 0.127. The Hall–Kier alpha value is -1.55. The normalized spacial score (nSPS) is 29.1. The summed E-state index contributed by atoms with van der Waals surface area (Å²) >= 11 is 0. The van der Waals surface area contributed by atoms with Crippen molar-refractivity contribution in [2.75, 3.05) is 13.2 Å². The van der Waals surface area contributed by atoms with Gasteiger partial charge in [0, 0.05) is 19.1 Å². The molecule has 1 saturated heterocycles. The summed E-state index contributed by atoms with van der Waals surface area (Å²) in [4.78, 5) is 14.1. The van der Waals surface area contributed by atoms with Crippen molar-refractivity contribution in [3.05, 3.63) is 35.9 Å². The molecule has 1 aliphatic heterocycles. The number of likely N-dealkylation sites (tertiary alicyclic amines) is 1. The van der Waals surface area contributed by atoms with Crippen LogP contribution in [0.4, 0.5) is 4.79 Å². The molecular weight excluding hydrogens is 266 g/mol. The Morgan fingerprint density at radius 3 is 2.71 bits per heavy atom. The highest BCUT2D eigenvalue weighted by Gasteiger charge is 2.68. The average molecular weight is 289 g/mol. The number of nitrogens with zero attached hydrogens (tertiary/aromatic N) is 1. The number of carbonyl (C=O) groups excluding carboxylic acids is 1. The lowest BCUT2D eigenvalue weighted by atomic mass is 10.1. The van der Waals surface area contributed by atoms with Crippen molar-refractivity contribution >= 4 is 6.09 Å². The number of ether oxygens (including phenoxy) is 2. The summed E-state index contributed by atoms with van der Waals surface area (Å²) in [6, 6.07) is 9.75. The molecule has 3 atom stereocenters. The van der Waals surface area contributed by atoms with Crippen molar-refractivity contribution in [3.8, 4) is 0 Å². The van der Waals surface area contributed by atoms with Crippen molar-refractivity contribution in [3.63, 3.8) is 0 Å². The fourth-order valence-electron chi connectivity index (χ4n) is 3.56. The number of carbonyl (C=O) groups is 1. The van der Waals surface area contributed by atoms with E-state index in [1.165, 1.54) is 0 Å². The Morgan fingerprint density at radius 1 is 1.33 bits per heavy atom. The van der Waals surface area contributed by atoms with Gasteiger partial charge in [-0.15, -0.1) is 0 Å². The molecule has 2 fully saturated rings. The van der Waals surface area contributed by atoms with E-state index in [0.717, 1.165) is 12.1 Å². The maximum Gasteiger partial charge on any atom is 0.412 e. The van der Waals surface area contributed by atoms with Crippen LogP contribution >= 0.6 is 0 Å². The highest BCUT2D eigenvalue weighted by atomic mass is 16.6. The van der Waals surface area contributed by atoms with E-state index >= 15 is 0 Å². The molecule has 0 radical (unpaired) electrons. The fraction of sp³-hybridized carbons (Fsp3) is 0.588. The third-order valence-corrected chi connectivity index (χ3v) is 4.92. The average Bonchev–Trinajstić information content (AvgIpc) is 2.84. The van der Waals surface area contributed by atoms with Crippen molar-refractivity contribution in [1.29, 1.82) is 0 Å². The molecule has 0 spiro atoms. The minimum Gasteiger partial charge on any atom is -0.444 e. The first-order valence-corrected chi connectivity index (χ1v) is 7.64. The van der Waals surface area contributed by atoms with Gasteiger partial charge in [0.2, 0.25) is 0 Å². The van der Waals surface area contributed by atoms with Crippen LogP contribution in [0.2, 0.25) is 0 Å². The molecular formula is C17H23NO3. The lowest BCUT2D eigenvalue weighted by Crippen LogP contribution is -2.42. The Kier molecular flexibility index (Phi) is 3.66. The quantitative estimate of drug-likeness (QED) is 0.854. The number of piperidine rings is 1. The monoisotopic (exact) mass is 289 g/mol. The number of fused-ring (bicyclic) bond motifs is 1. The number of rotatable bonds is 4. The number of hydrogen-bond acceptors (Lipinski definition) is 3. The summed E-state index contributed by atoms with van der Waals surface area (Å²) in [5.74, 6) is 0.986. The van der Waals surface area contributed by atoms with Gasteiger partial charge in [-0.2, -0.15) is 0 Å². The van der Waals surface area contributed by atoms with E-state index in [0.29, 0.717) is 25.0 Å². The zero-order valence-electron chi connectivity index (χ0n) is 12.9.